The second-order valence-electron chi connectivity index (χ2n) is 4.03. The molecule has 1 rings (SSSR count). The summed E-state index contributed by atoms with van der Waals surface area (Å²) in [7, 11) is 1.63. The zero-order valence-electron chi connectivity index (χ0n) is 9.43. The summed E-state index contributed by atoms with van der Waals surface area (Å²) >= 11 is 0. The van der Waals surface area contributed by atoms with Crippen LogP contribution in [0, 0.1) is 5.92 Å². The molecule has 1 aliphatic rings. The average molecular weight is 230 g/mol. The summed E-state index contributed by atoms with van der Waals surface area (Å²) in [6, 6.07) is -0.141. The average Bonchev–Trinajstić information content (AvgIpc) is 2.28. The number of hydrogen-bond acceptors (Lipinski definition) is 3. The van der Waals surface area contributed by atoms with Crippen LogP contribution in [0.3, 0.4) is 0 Å². The highest BCUT2D eigenvalue weighted by atomic mass is 16.4. The molecule has 0 saturated carbocycles. The zero-order valence-corrected chi connectivity index (χ0v) is 9.43. The number of carbonyl (C=O) groups excluding carboxylic acids is 1. The molecule has 0 bridgehead atoms. The van der Waals surface area contributed by atoms with Gasteiger partial charge in [0.25, 0.3) is 0 Å². The van der Waals surface area contributed by atoms with Gasteiger partial charge in [-0.25, -0.2) is 4.79 Å². The lowest BCUT2D eigenvalue weighted by Gasteiger charge is -2.33. The standard InChI is InChI=1S/C10H18N2O4/c1-11(6-7-13)10(16)12-4-2-8(3-5-12)9(14)15/h8,13H,2-7H2,1H3,(H,14,15). The highest BCUT2D eigenvalue weighted by molar-refractivity contribution is 5.75. The molecule has 0 aromatic heterocycles. The molecule has 16 heavy (non-hydrogen) atoms. The Morgan fingerprint density at radius 2 is 1.94 bits per heavy atom. The largest absolute Gasteiger partial charge is 0.481 e. The number of aliphatic hydroxyl groups excluding tert-OH is 1. The van der Waals surface area contributed by atoms with E-state index in [1.807, 2.05) is 0 Å². The number of hydrogen-bond donors (Lipinski definition) is 2. The zero-order chi connectivity index (χ0) is 12.1. The molecule has 2 amide bonds. The summed E-state index contributed by atoms with van der Waals surface area (Å²) in [5.74, 6) is -1.11. The molecule has 0 radical (unpaired) electrons. The highest BCUT2D eigenvalue weighted by Crippen LogP contribution is 2.17. The first kappa shape index (κ1) is 12.8. The molecule has 0 aliphatic carbocycles. The fourth-order valence-corrected chi connectivity index (χ4v) is 1.80. The highest BCUT2D eigenvalue weighted by Gasteiger charge is 2.28. The molecule has 0 spiro atoms. The summed E-state index contributed by atoms with van der Waals surface area (Å²) in [6.45, 7) is 1.20. The molecule has 1 fully saturated rings. The van der Waals surface area contributed by atoms with E-state index in [4.69, 9.17) is 10.2 Å². The molecule has 0 aromatic rings. The monoisotopic (exact) mass is 230 g/mol. The van der Waals surface area contributed by atoms with Crippen LogP contribution >= 0.6 is 0 Å². The molecular weight excluding hydrogens is 212 g/mol. The van der Waals surface area contributed by atoms with Crippen molar-refractivity contribution in [3.05, 3.63) is 0 Å². The van der Waals surface area contributed by atoms with Gasteiger partial charge in [0.2, 0.25) is 0 Å². The van der Waals surface area contributed by atoms with Gasteiger partial charge in [0.15, 0.2) is 0 Å². The molecule has 92 valence electrons. The first-order valence-electron chi connectivity index (χ1n) is 5.40. The third-order valence-electron chi connectivity index (χ3n) is 2.88. The maximum atomic E-state index is 11.8. The number of piperidine rings is 1. The Morgan fingerprint density at radius 1 is 1.38 bits per heavy atom. The van der Waals surface area contributed by atoms with Crippen molar-refractivity contribution in [2.24, 2.45) is 5.92 Å². The lowest BCUT2D eigenvalue weighted by atomic mass is 9.97. The lowest BCUT2D eigenvalue weighted by molar-refractivity contribution is -0.143. The number of amides is 2. The number of rotatable bonds is 3. The first-order valence-corrected chi connectivity index (χ1v) is 5.40. The Morgan fingerprint density at radius 3 is 2.38 bits per heavy atom. The van der Waals surface area contributed by atoms with Crippen molar-refractivity contribution < 1.29 is 19.8 Å². The Balaban J connectivity index is 2.41. The van der Waals surface area contributed by atoms with Crippen LogP contribution in [0.5, 0.6) is 0 Å². The molecule has 6 nitrogen and oxygen atoms in total. The number of urea groups is 1. The molecule has 0 unspecified atom stereocenters. The minimum Gasteiger partial charge on any atom is -0.481 e. The van der Waals surface area contributed by atoms with Gasteiger partial charge in [-0.3, -0.25) is 4.79 Å². The summed E-state index contributed by atoms with van der Waals surface area (Å²) < 4.78 is 0. The van der Waals surface area contributed by atoms with Crippen molar-refractivity contribution in [1.29, 1.82) is 0 Å². The summed E-state index contributed by atoms with van der Waals surface area (Å²) in [5.41, 5.74) is 0. The number of aliphatic carboxylic acids is 1. The molecule has 0 aromatic carbocycles. The maximum Gasteiger partial charge on any atom is 0.319 e. The third-order valence-corrected chi connectivity index (χ3v) is 2.88. The van der Waals surface area contributed by atoms with Crippen molar-refractivity contribution >= 4 is 12.0 Å². The van der Waals surface area contributed by atoms with E-state index in [0.29, 0.717) is 32.5 Å². The van der Waals surface area contributed by atoms with Gasteiger partial charge < -0.3 is 20.0 Å². The van der Waals surface area contributed by atoms with Crippen molar-refractivity contribution in [2.75, 3.05) is 33.3 Å². The molecule has 0 atom stereocenters. The predicted molar refractivity (Wildman–Crippen MR) is 57.0 cm³/mol. The minimum atomic E-state index is -0.782. The summed E-state index contributed by atoms with van der Waals surface area (Å²) in [5, 5.41) is 17.5. The van der Waals surface area contributed by atoms with Crippen LogP contribution in [0.4, 0.5) is 4.79 Å². The van der Waals surface area contributed by atoms with Gasteiger partial charge in [-0.1, -0.05) is 0 Å². The van der Waals surface area contributed by atoms with E-state index in [9.17, 15) is 9.59 Å². The number of carboxylic acids is 1. The SMILES string of the molecule is CN(CCO)C(=O)N1CCC(C(=O)O)CC1. The summed E-state index contributed by atoms with van der Waals surface area (Å²) in [6.07, 6.45) is 1.02. The summed E-state index contributed by atoms with van der Waals surface area (Å²) in [4.78, 5) is 25.6. The van der Waals surface area contributed by atoms with E-state index < -0.39 is 5.97 Å². The van der Waals surface area contributed by atoms with Crippen molar-refractivity contribution in [3.63, 3.8) is 0 Å². The second kappa shape index (κ2) is 5.69. The molecule has 6 heteroatoms. The van der Waals surface area contributed by atoms with Crippen molar-refractivity contribution in [2.45, 2.75) is 12.8 Å². The lowest BCUT2D eigenvalue weighted by Crippen LogP contribution is -2.46. The van der Waals surface area contributed by atoms with Crippen LogP contribution in [0.2, 0.25) is 0 Å². The fourth-order valence-electron chi connectivity index (χ4n) is 1.80. The molecular formula is C10H18N2O4. The van der Waals surface area contributed by atoms with Gasteiger partial charge >= 0.3 is 12.0 Å². The maximum absolute atomic E-state index is 11.8. The number of nitrogens with zero attached hydrogens (tertiary/aromatic N) is 2. The van der Waals surface area contributed by atoms with Gasteiger partial charge in [0.1, 0.15) is 0 Å². The van der Waals surface area contributed by atoms with Gasteiger partial charge in [-0.2, -0.15) is 0 Å². The van der Waals surface area contributed by atoms with E-state index in [1.54, 1.807) is 11.9 Å². The van der Waals surface area contributed by atoms with E-state index in [-0.39, 0.29) is 18.6 Å². The Hall–Kier alpha value is -1.30. The van der Waals surface area contributed by atoms with Gasteiger partial charge in [0, 0.05) is 26.7 Å². The van der Waals surface area contributed by atoms with Crippen LogP contribution in [-0.4, -0.2) is 65.3 Å². The number of carbonyl (C=O) groups is 2. The minimum absolute atomic E-state index is 0.0617. The van der Waals surface area contributed by atoms with E-state index in [1.165, 1.54) is 4.90 Å². The molecule has 2 N–H and O–H groups in total. The number of likely N-dealkylation sites (tertiary alicyclic amines) is 1. The van der Waals surface area contributed by atoms with Gasteiger partial charge in [0.05, 0.1) is 12.5 Å². The van der Waals surface area contributed by atoms with Crippen LogP contribution in [0.25, 0.3) is 0 Å². The van der Waals surface area contributed by atoms with Crippen LogP contribution in [0.1, 0.15) is 12.8 Å². The Kier molecular flexibility index (Phi) is 4.54. The fraction of sp³-hybridized carbons (Fsp3) is 0.800. The number of likely N-dealkylation sites (N-methyl/N-ethyl adjacent to an activating group) is 1. The van der Waals surface area contributed by atoms with Gasteiger partial charge in [-0.15, -0.1) is 0 Å². The smallest absolute Gasteiger partial charge is 0.319 e. The van der Waals surface area contributed by atoms with Crippen LogP contribution < -0.4 is 0 Å². The van der Waals surface area contributed by atoms with E-state index in [2.05, 4.69) is 0 Å². The van der Waals surface area contributed by atoms with Crippen LogP contribution in [0.15, 0.2) is 0 Å². The molecule has 1 heterocycles. The normalized spacial score (nSPS) is 17.2. The van der Waals surface area contributed by atoms with Crippen molar-refractivity contribution in [3.8, 4) is 0 Å². The van der Waals surface area contributed by atoms with E-state index in [0.717, 1.165) is 0 Å². The Bertz CT molecular complexity index is 262. The molecule has 1 aliphatic heterocycles. The van der Waals surface area contributed by atoms with Crippen LogP contribution in [-0.2, 0) is 4.79 Å². The van der Waals surface area contributed by atoms with Gasteiger partial charge in [-0.05, 0) is 12.8 Å². The molecule has 1 saturated heterocycles. The topological polar surface area (TPSA) is 81.1 Å². The number of carboxylic acid groups (broad SMARTS) is 1. The first-order chi connectivity index (χ1) is 7.56. The van der Waals surface area contributed by atoms with E-state index >= 15 is 0 Å². The quantitative estimate of drug-likeness (QED) is 0.705. The number of aliphatic hydroxyl groups is 1. The third kappa shape index (κ3) is 3.10. The second-order valence-corrected chi connectivity index (χ2v) is 4.03. The predicted octanol–water partition coefficient (Wildman–Crippen LogP) is -0.173. The van der Waals surface area contributed by atoms with Crippen molar-refractivity contribution in [1.82, 2.24) is 9.80 Å². The Labute approximate surface area is 94.4 Å².